The van der Waals surface area contributed by atoms with E-state index < -0.39 is 13.9 Å². The number of aryl methyl sites for hydroxylation is 1. The number of rotatable bonds is 7. The van der Waals surface area contributed by atoms with Gasteiger partial charge < -0.3 is 9.21 Å². The maximum Gasteiger partial charge on any atom is 0.208 e. The number of nitrogens with zero attached hydrogens (tertiary/aromatic N) is 2. The first-order chi connectivity index (χ1) is 10.7. The number of oxazole rings is 1. The first kappa shape index (κ1) is 18.2. The molecule has 0 saturated heterocycles. The highest BCUT2D eigenvalue weighted by molar-refractivity contribution is 6.72. The second-order valence-corrected chi connectivity index (χ2v) is 12.4. The van der Waals surface area contributed by atoms with E-state index in [4.69, 9.17) is 4.42 Å². The van der Waals surface area contributed by atoms with Crippen molar-refractivity contribution in [3.8, 4) is 6.07 Å². The van der Waals surface area contributed by atoms with Crippen molar-refractivity contribution in [2.45, 2.75) is 82.6 Å². The summed E-state index contributed by atoms with van der Waals surface area (Å²) in [5.41, 5.74) is -0.400. The molecule has 0 aromatic carbocycles. The lowest BCUT2D eigenvalue weighted by Gasteiger charge is -2.34. The van der Waals surface area contributed by atoms with E-state index in [9.17, 15) is 10.1 Å². The van der Waals surface area contributed by atoms with Crippen LogP contribution in [0.3, 0.4) is 0 Å². The van der Waals surface area contributed by atoms with E-state index in [0.717, 1.165) is 44.3 Å². The first-order valence-corrected chi connectivity index (χ1v) is 11.4. The molecule has 6 heteroatoms. The zero-order chi connectivity index (χ0) is 17.1. The van der Waals surface area contributed by atoms with Crippen LogP contribution < -0.4 is 5.32 Å². The van der Waals surface area contributed by atoms with Gasteiger partial charge in [-0.05, 0) is 37.4 Å². The minimum Gasteiger partial charge on any atom is -0.444 e. The summed E-state index contributed by atoms with van der Waals surface area (Å²) in [5, 5.41) is 12.6. The molecule has 1 aliphatic rings. The Bertz CT molecular complexity index is 563. The monoisotopic (exact) mass is 335 g/mol. The molecule has 0 amide bonds. The molecule has 23 heavy (non-hydrogen) atoms. The summed E-state index contributed by atoms with van der Waals surface area (Å²) < 4.78 is 5.79. The van der Waals surface area contributed by atoms with E-state index in [1.165, 1.54) is 0 Å². The molecule has 2 rings (SSSR count). The lowest BCUT2D eigenvalue weighted by molar-refractivity contribution is 0.365. The van der Waals surface area contributed by atoms with Crippen LogP contribution in [-0.2, 0) is 13.0 Å². The van der Waals surface area contributed by atoms with Crippen LogP contribution in [0.1, 0.15) is 57.6 Å². The van der Waals surface area contributed by atoms with E-state index in [2.05, 4.69) is 30.2 Å². The summed E-state index contributed by atoms with van der Waals surface area (Å²) in [6, 6.07) is 2.41. The SMILES string of the molecule is CC(C)(CCc1cnc(CNC2(C#N)CCCC2)o1)[Si](C)(C)O. The van der Waals surface area contributed by atoms with Gasteiger partial charge in [-0.2, -0.15) is 5.26 Å². The second-order valence-electron chi connectivity index (χ2n) is 7.92. The van der Waals surface area contributed by atoms with Crippen molar-refractivity contribution in [2.75, 3.05) is 0 Å². The minimum absolute atomic E-state index is 0.0626. The second kappa shape index (κ2) is 6.76. The quantitative estimate of drug-likeness (QED) is 0.745. The summed E-state index contributed by atoms with van der Waals surface area (Å²) >= 11 is 0. The standard InChI is InChI=1S/C17H29N3O2Si/c1-16(2,23(3,4)21)10-7-14-11-19-15(22-14)12-20-17(13-18)8-5-6-9-17/h11,20-21H,5-10,12H2,1-4H3. The van der Waals surface area contributed by atoms with Crippen LogP contribution in [0.25, 0.3) is 0 Å². The van der Waals surface area contributed by atoms with Gasteiger partial charge >= 0.3 is 0 Å². The van der Waals surface area contributed by atoms with Crippen LogP contribution in [0, 0.1) is 11.3 Å². The average molecular weight is 336 g/mol. The number of nitrogens with one attached hydrogen (secondary N) is 1. The van der Waals surface area contributed by atoms with Crippen LogP contribution in [0.4, 0.5) is 0 Å². The Morgan fingerprint density at radius 3 is 2.65 bits per heavy atom. The zero-order valence-corrected chi connectivity index (χ0v) is 15.8. The normalized spacial score (nSPS) is 18.1. The van der Waals surface area contributed by atoms with Gasteiger partial charge in [0, 0.05) is 6.42 Å². The number of hydrogen-bond donors (Lipinski definition) is 2. The molecule has 0 atom stereocenters. The molecule has 1 aromatic heterocycles. The van der Waals surface area contributed by atoms with Gasteiger partial charge in [-0.15, -0.1) is 0 Å². The molecule has 5 nitrogen and oxygen atoms in total. The Morgan fingerprint density at radius 2 is 2.09 bits per heavy atom. The molecular weight excluding hydrogens is 306 g/mol. The largest absolute Gasteiger partial charge is 0.444 e. The van der Waals surface area contributed by atoms with E-state index in [1.807, 2.05) is 13.1 Å². The molecule has 1 heterocycles. The maximum atomic E-state index is 10.3. The van der Waals surface area contributed by atoms with Gasteiger partial charge in [0.05, 0.1) is 18.8 Å². The van der Waals surface area contributed by atoms with Crippen molar-refractivity contribution >= 4 is 8.32 Å². The van der Waals surface area contributed by atoms with Crippen LogP contribution in [-0.4, -0.2) is 23.6 Å². The van der Waals surface area contributed by atoms with E-state index in [-0.39, 0.29) is 5.04 Å². The molecule has 0 aliphatic heterocycles. The van der Waals surface area contributed by atoms with Gasteiger partial charge in [0.2, 0.25) is 5.89 Å². The topological polar surface area (TPSA) is 82.1 Å². The minimum atomic E-state index is -2.19. The lowest BCUT2D eigenvalue weighted by atomic mass is 10.0. The average Bonchev–Trinajstić information content (AvgIpc) is 3.12. The fraction of sp³-hybridized carbons (Fsp3) is 0.765. The highest BCUT2D eigenvalue weighted by atomic mass is 28.4. The van der Waals surface area contributed by atoms with Crippen molar-refractivity contribution in [1.29, 1.82) is 5.26 Å². The van der Waals surface area contributed by atoms with Gasteiger partial charge in [-0.25, -0.2) is 4.98 Å². The Kier molecular flexibility index (Phi) is 5.34. The molecule has 2 N–H and O–H groups in total. The zero-order valence-electron chi connectivity index (χ0n) is 14.8. The highest BCUT2D eigenvalue weighted by Crippen LogP contribution is 2.39. The first-order valence-electron chi connectivity index (χ1n) is 8.50. The summed E-state index contributed by atoms with van der Waals surface area (Å²) in [6.07, 6.45) is 7.45. The molecule has 1 fully saturated rings. The summed E-state index contributed by atoms with van der Waals surface area (Å²) in [4.78, 5) is 14.7. The van der Waals surface area contributed by atoms with Crippen molar-refractivity contribution in [1.82, 2.24) is 10.3 Å². The van der Waals surface area contributed by atoms with Crippen LogP contribution in [0.2, 0.25) is 18.1 Å². The van der Waals surface area contributed by atoms with E-state index >= 15 is 0 Å². The smallest absolute Gasteiger partial charge is 0.208 e. The van der Waals surface area contributed by atoms with E-state index in [1.54, 1.807) is 6.20 Å². The van der Waals surface area contributed by atoms with Crippen molar-refractivity contribution in [3.63, 3.8) is 0 Å². The van der Waals surface area contributed by atoms with Gasteiger partial charge in [0.15, 0.2) is 8.32 Å². The molecule has 1 saturated carbocycles. The lowest BCUT2D eigenvalue weighted by Crippen LogP contribution is -2.40. The van der Waals surface area contributed by atoms with Crippen LogP contribution >= 0.6 is 0 Å². The Hall–Kier alpha value is -1.16. The molecule has 0 spiro atoms. The molecule has 1 aromatic rings. The summed E-state index contributed by atoms with van der Waals surface area (Å²) in [5.74, 6) is 1.49. The van der Waals surface area contributed by atoms with Crippen LogP contribution in [0.5, 0.6) is 0 Å². The molecule has 128 valence electrons. The van der Waals surface area contributed by atoms with Crippen molar-refractivity contribution in [2.24, 2.45) is 0 Å². The van der Waals surface area contributed by atoms with Crippen LogP contribution in [0.15, 0.2) is 10.6 Å². The van der Waals surface area contributed by atoms with Crippen molar-refractivity contribution < 1.29 is 9.21 Å². The van der Waals surface area contributed by atoms with E-state index in [0.29, 0.717) is 12.4 Å². The molecular formula is C17H29N3O2Si. The third kappa shape index (κ3) is 4.43. The number of aromatic nitrogens is 1. The Labute approximate surface area is 140 Å². The third-order valence-electron chi connectivity index (χ3n) is 5.50. The van der Waals surface area contributed by atoms with Crippen molar-refractivity contribution in [3.05, 3.63) is 17.8 Å². The fourth-order valence-electron chi connectivity index (χ4n) is 2.84. The summed E-state index contributed by atoms with van der Waals surface area (Å²) in [6.45, 7) is 8.69. The predicted molar refractivity (Wildman–Crippen MR) is 92.2 cm³/mol. The third-order valence-corrected chi connectivity index (χ3v) is 9.07. The van der Waals surface area contributed by atoms with Gasteiger partial charge in [0.1, 0.15) is 11.3 Å². The van der Waals surface area contributed by atoms with Gasteiger partial charge in [-0.1, -0.05) is 26.7 Å². The Morgan fingerprint density at radius 1 is 1.43 bits per heavy atom. The molecule has 0 bridgehead atoms. The van der Waals surface area contributed by atoms with Gasteiger partial charge in [0.25, 0.3) is 0 Å². The molecule has 1 aliphatic carbocycles. The predicted octanol–water partition coefficient (Wildman–Crippen LogP) is 3.51. The number of nitriles is 1. The molecule has 0 unspecified atom stereocenters. The molecule has 0 radical (unpaired) electrons. The van der Waals surface area contributed by atoms with Gasteiger partial charge in [-0.3, -0.25) is 5.32 Å². The Balaban J connectivity index is 1.88. The number of hydrogen-bond acceptors (Lipinski definition) is 5. The maximum absolute atomic E-state index is 10.3. The summed E-state index contributed by atoms with van der Waals surface area (Å²) in [7, 11) is -2.19. The fourth-order valence-corrected chi connectivity index (χ4v) is 3.58. The highest BCUT2D eigenvalue weighted by Gasteiger charge is 2.37.